The molecule has 1 rings (SSSR count). The molecular formula is C14H22O. The second kappa shape index (κ2) is 5.32. The lowest BCUT2D eigenvalue weighted by atomic mass is 9.73. The molecule has 0 atom stereocenters. The first-order chi connectivity index (χ1) is 7.08. The van der Waals surface area contributed by atoms with Gasteiger partial charge in [-0.3, -0.25) is 0 Å². The van der Waals surface area contributed by atoms with Crippen molar-refractivity contribution in [2.45, 2.75) is 40.0 Å². The van der Waals surface area contributed by atoms with Gasteiger partial charge in [-0.05, 0) is 37.2 Å². The fraction of sp³-hybridized carbons (Fsp3) is 0.571. The Morgan fingerprint density at radius 2 is 2.07 bits per heavy atom. The van der Waals surface area contributed by atoms with E-state index >= 15 is 0 Å². The van der Waals surface area contributed by atoms with Gasteiger partial charge in [0.05, 0.1) is 6.61 Å². The summed E-state index contributed by atoms with van der Waals surface area (Å²) < 4.78 is 0. The fourth-order valence-electron chi connectivity index (χ4n) is 2.30. The lowest BCUT2D eigenvalue weighted by Gasteiger charge is -2.32. The van der Waals surface area contributed by atoms with Crippen molar-refractivity contribution < 1.29 is 5.11 Å². The van der Waals surface area contributed by atoms with Gasteiger partial charge in [-0.25, -0.2) is 0 Å². The van der Waals surface area contributed by atoms with Crippen LogP contribution in [-0.2, 0) is 0 Å². The molecule has 0 aromatic heterocycles. The molecule has 1 heteroatoms. The highest BCUT2D eigenvalue weighted by atomic mass is 16.2. The third-order valence-corrected chi connectivity index (χ3v) is 3.16. The fourth-order valence-corrected chi connectivity index (χ4v) is 2.30. The molecule has 0 aromatic carbocycles. The Morgan fingerprint density at radius 3 is 2.67 bits per heavy atom. The molecule has 15 heavy (non-hydrogen) atoms. The van der Waals surface area contributed by atoms with Crippen LogP contribution >= 0.6 is 0 Å². The highest BCUT2D eigenvalue weighted by molar-refractivity contribution is 5.34. The molecule has 1 aliphatic carbocycles. The highest BCUT2D eigenvalue weighted by Gasteiger charge is 2.26. The van der Waals surface area contributed by atoms with Crippen LogP contribution in [0.4, 0.5) is 0 Å². The Kier molecular flexibility index (Phi) is 4.34. The van der Waals surface area contributed by atoms with Gasteiger partial charge in [-0.15, -0.1) is 0 Å². The van der Waals surface area contributed by atoms with Crippen LogP contribution in [0.5, 0.6) is 0 Å². The third-order valence-electron chi connectivity index (χ3n) is 3.16. The Balaban J connectivity index is 2.80. The number of aliphatic hydroxyl groups is 1. The van der Waals surface area contributed by atoms with Crippen LogP contribution in [0.2, 0.25) is 0 Å². The van der Waals surface area contributed by atoms with E-state index in [0.29, 0.717) is 5.41 Å². The number of allylic oxidation sites excluding steroid dienone is 5. The molecule has 0 aromatic rings. The largest absolute Gasteiger partial charge is 0.392 e. The van der Waals surface area contributed by atoms with E-state index < -0.39 is 0 Å². The first-order valence-electron chi connectivity index (χ1n) is 5.72. The maximum atomic E-state index is 8.63. The molecule has 0 radical (unpaired) electrons. The number of hydrogen-bond acceptors (Lipinski definition) is 1. The second-order valence-electron chi connectivity index (χ2n) is 4.90. The molecule has 1 aliphatic rings. The van der Waals surface area contributed by atoms with Gasteiger partial charge < -0.3 is 5.11 Å². The Labute approximate surface area is 93.2 Å². The van der Waals surface area contributed by atoms with Crippen molar-refractivity contribution in [3.05, 3.63) is 35.5 Å². The summed E-state index contributed by atoms with van der Waals surface area (Å²) in [5.41, 5.74) is 3.29. The topological polar surface area (TPSA) is 20.2 Å². The number of aliphatic hydroxyl groups excluding tert-OH is 1. The molecule has 0 amide bonds. The summed E-state index contributed by atoms with van der Waals surface area (Å²) in [6.45, 7) is 6.97. The normalized spacial score (nSPS) is 21.9. The Hall–Kier alpha value is -0.820. The quantitative estimate of drug-likeness (QED) is 0.699. The van der Waals surface area contributed by atoms with Crippen molar-refractivity contribution in [2.24, 2.45) is 5.41 Å². The zero-order valence-corrected chi connectivity index (χ0v) is 10.1. The molecule has 0 fully saturated rings. The monoisotopic (exact) mass is 206 g/mol. The molecule has 0 unspecified atom stereocenters. The van der Waals surface area contributed by atoms with Crippen molar-refractivity contribution in [1.29, 1.82) is 0 Å². The maximum absolute atomic E-state index is 8.63. The molecule has 0 heterocycles. The van der Waals surface area contributed by atoms with Gasteiger partial charge >= 0.3 is 0 Å². The van der Waals surface area contributed by atoms with Crippen molar-refractivity contribution in [1.82, 2.24) is 0 Å². The van der Waals surface area contributed by atoms with Crippen molar-refractivity contribution in [3.63, 3.8) is 0 Å². The minimum Gasteiger partial charge on any atom is -0.392 e. The van der Waals surface area contributed by atoms with Gasteiger partial charge in [0.2, 0.25) is 0 Å². The molecule has 0 bridgehead atoms. The SMILES string of the molecule is CC1=C(/C=C/C=C/CO)C(C)(C)CCC1. The van der Waals surface area contributed by atoms with Crippen molar-refractivity contribution in [3.8, 4) is 0 Å². The standard InChI is InChI=1S/C14H22O/c1-12-8-7-10-14(2,3)13(12)9-5-4-6-11-15/h4-6,9,15H,7-8,10-11H2,1-3H3/b6-4+,9-5+. The van der Waals surface area contributed by atoms with Crippen LogP contribution in [0.1, 0.15) is 40.0 Å². The van der Waals surface area contributed by atoms with Gasteiger partial charge in [-0.2, -0.15) is 0 Å². The molecule has 1 nitrogen and oxygen atoms in total. The lowest BCUT2D eigenvalue weighted by Crippen LogP contribution is -2.18. The summed E-state index contributed by atoms with van der Waals surface area (Å²) >= 11 is 0. The molecule has 1 N–H and O–H groups in total. The van der Waals surface area contributed by atoms with Crippen LogP contribution < -0.4 is 0 Å². The summed E-state index contributed by atoms with van der Waals surface area (Å²) in [5, 5.41) is 8.63. The Morgan fingerprint density at radius 1 is 1.33 bits per heavy atom. The summed E-state index contributed by atoms with van der Waals surface area (Å²) in [4.78, 5) is 0. The van der Waals surface area contributed by atoms with Gasteiger partial charge in [0.25, 0.3) is 0 Å². The van der Waals surface area contributed by atoms with Crippen LogP contribution in [0.3, 0.4) is 0 Å². The molecule has 0 aliphatic heterocycles. The maximum Gasteiger partial charge on any atom is 0.0615 e. The summed E-state index contributed by atoms with van der Waals surface area (Å²) in [6, 6.07) is 0. The van der Waals surface area contributed by atoms with E-state index in [1.54, 1.807) is 6.08 Å². The molecule has 0 saturated heterocycles. The highest BCUT2D eigenvalue weighted by Crippen LogP contribution is 2.40. The average molecular weight is 206 g/mol. The van der Waals surface area contributed by atoms with Gasteiger partial charge in [-0.1, -0.05) is 43.7 Å². The summed E-state index contributed by atoms with van der Waals surface area (Å²) in [7, 11) is 0. The molecule has 0 spiro atoms. The molecular weight excluding hydrogens is 184 g/mol. The minimum atomic E-state index is 0.117. The van der Waals surface area contributed by atoms with Gasteiger partial charge in [0.15, 0.2) is 0 Å². The van der Waals surface area contributed by atoms with Crippen LogP contribution in [0.15, 0.2) is 35.5 Å². The summed E-state index contributed by atoms with van der Waals surface area (Å²) in [6.07, 6.45) is 11.7. The lowest BCUT2D eigenvalue weighted by molar-refractivity contribution is 0.343. The minimum absolute atomic E-state index is 0.117. The second-order valence-corrected chi connectivity index (χ2v) is 4.90. The van der Waals surface area contributed by atoms with Crippen molar-refractivity contribution in [2.75, 3.05) is 6.61 Å². The molecule has 84 valence electrons. The van der Waals surface area contributed by atoms with E-state index in [4.69, 9.17) is 5.11 Å². The van der Waals surface area contributed by atoms with E-state index in [1.165, 1.54) is 30.4 Å². The zero-order valence-electron chi connectivity index (χ0n) is 10.1. The van der Waals surface area contributed by atoms with E-state index in [9.17, 15) is 0 Å². The Bertz CT molecular complexity index is 292. The van der Waals surface area contributed by atoms with Crippen LogP contribution in [0, 0.1) is 5.41 Å². The van der Waals surface area contributed by atoms with E-state index in [0.717, 1.165) is 0 Å². The zero-order chi connectivity index (χ0) is 11.3. The van der Waals surface area contributed by atoms with Gasteiger partial charge in [0.1, 0.15) is 0 Å². The number of hydrogen-bond donors (Lipinski definition) is 1. The number of rotatable bonds is 3. The van der Waals surface area contributed by atoms with E-state index in [1.807, 2.05) is 12.2 Å². The smallest absolute Gasteiger partial charge is 0.0615 e. The van der Waals surface area contributed by atoms with Crippen molar-refractivity contribution >= 4 is 0 Å². The summed E-state index contributed by atoms with van der Waals surface area (Å²) in [5.74, 6) is 0. The van der Waals surface area contributed by atoms with E-state index in [2.05, 4.69) is 26.8 Å². The van der Waals surface area contributed by atoms with Crippen LogP contribution in [0.25, 0.3) is 0 Å². The molecule has 0 saturated carbocycles. The predicted octanol–water partition coefficient (Wildman–Crippen LogP) is 3.62. The average Bonchev–Trinajstić information content (AvgIpc) is 2.15. The van der Waals surface area contributed by atoms with Crippen LogP contribution in [-0.4, -0.2) is 11.7 Å². The first kappa shape index (κ1) is 12.3. The third kappa shape index (κ3) is 3.35. The van der Waals surface area contributed by atoms with Gasteiger partial charge in [0, 0.05) is 0 Å². The predicted molar refractivity (Wildman–Crippen MR) is 65.7 cm³/mol. The first-order valence-corrected chi connectivity index (χ1v) is 5.72. The van der Waals surface area contributed by atoms with E-state index in [-0.39, 0.29) is 6.61 Å².